The highest BCUT2D eigenvalue weighted by atomic mass is 16.1. The summed E-state index contributed by atoms with van der Waals surface area (Å²) in [4.78, 5) is 16.5. The minimum atomic E-state index is -0.440. The summed E-state index contributed by atoms with van der Waals surface area (Å²) in [5, 5.41) is 6.54. The summed E-state index contributed by atoms with van der Waals surface area (Å²) >= 11 is 0. The standard InChI is InChI=1S/C19H21N3O/c1-19(2,12-22-14-20-13-21-22)18(23)10-8-15-7-9-16-5-3-4-6-17(16)11-15/h3-7,9,11,13-14H,8,10,12H2,1-2H3. The van der Waals surface area contributed by atoms with Crippen molar-refractivity contribution in [3.63, 3.8) is 0 Å². The van der Waals surface area contributed by atoms with E-state index in [0.29, 0.717) is 13.0 Å². The SMILES string of the molecule is CC(C)(Cn1cncn1)C(=O)CCc1ccc2ccccc2c1. The minimum Gasteiger partial charge on any atom is -0.299 e. The first kappa shape index (κ1) is 15.4. The summed E-state index contributed by atoms with van der Waals surface area (Å²) in [5.41, 5.74) is 0.762. The van der Waals surface area contributed by atoms with Crippen molar-refractivity contribution >= 4 is 16.6 Å². The van der Waals surface area contributed by atoms with Gasteiger partial charge in [0.2, 0.25) is 0 Å². The molecule has 3 aromatic rings. The zero-order valence-corrected chi connectivity index (χ0v) is 13.6. The number of nitrogens with zero attached hydrogens (tertiary/aromatic N) is 3. The molecule has 4 heteroatoms. The first-order valence-corrected chi connectivity index (χ1v) is 7.88. The molecule has 0 aliphatic rings. The van der Waals surface area contributed by atoms with Crippen LogP contribution in [0.2, 0.25) is 0 Å². The van der Waals surface area contributed by atoms with E-state index in [-0.39, 0.29) is 5.78 Å². The van der Waals surface area contributed by atoms with Crippen LogP contribution in [0.15, 0.2) is 55.1 Å². The molecule has 0 unspecified atom stereocenters. The summed E-state index contributed by atoms with van der Waals surface area (Å²) in [7, 11) is 0. The van der Waals surface area contributed by atoms with Crippen LogP contribution in [0.25, 0.3) is 10.8 Å². The van der Waals surface area contributed by atoms with Crippen molar-refractivity contribution in [3.05, 3.63) is 60.7 Å². The molecule has 0 saturated heterocycles. The third kappa shape index (κ3) is 3.65. The first-order valence-electron chi connectivity index (χ1n) is 7.88. The van der Waals surface area contributed by atoms with Gasteiger partial charge >= 0.3 is 0 Å². The molecule has 0 spiro atoms. The molecule has 1 heterocycles. The van der Waals surface area contributed by atoms with Crippen LogP contribution < -0.4 is 0 Å². The summed E-state index contributed by atoms with van der Waals surface area (Å²) in [6, 6.07) is 14.7. The Balaban J connectivity index is 1.65. The Morgan fingerprint density at radius 2 is 1.91 bits per heavy atom. The second-order valence-electron chi connectivity index (χ2n) is 6.58. The Hall–Kier alpha value is -2.49. The molecule has 118 valence electrons. The highest BCUT2D eigenvalue weighted by Crippen LogP contribution is 2.23. The largest absolute Gasteiger partial charge is 0.299 e. The zero-order valence-electron chi connectivity index (χ0n) is 13.6. The van der Waals surface area contributed by atoms with Gasteiger partial charge in [-0.15, -0.1) is 0 Å². The lowest BCUT2D eigenvalue weighted by Crippen LogP contribution is -2.30. The van der Waals surface area contributed by atoms with Crippen LogP contribution in [0.3, 0.4) is 0 Å². The predicted molar refractivity (Wildman–Crippen MR) is 91.1 cm³/mol. The fraction of sp³-hybridized carbons (Fsp3) is 0.316. The third-order valence-electron chi connectivity index (χ3n) is 4.23. The highest BCUT2D eigenvalue weighted by molar-refractivity contribution is 5.85. The number of hydrogen-bond donors (Lipinski definition) is 0. The van der Waals surface area contributed by atoms with Gasteiger partial charge < -0.3 is 0 Å². The molecule has 0 aliphatic heterocycles. The normalized spacial score (nSPS) is 11.7. The van der Waals surface area contributed by atoms with E-state index >= 15 is 0 Å². The minimum absolute atomic E-state index is 0.251. The van der Waals surface area contributed by atoms with E-state index < -0.39 is 5.41 Å². The van der Waals surface area contributed by atoms with Crippen LogP contribution in [-0.2, 0) is 17.8 Å². The average molecular weight is 307 g/mol. The third-order valence-corrected chi connectivity index (χ3v) is 4.23. The zero-order chi connectivity index (χ0) is 16.3. The molecule has 0 atom stereocenters. The van der Waals surface area contributed by atoms with Crippen molar-refractivity contribution in [2.45, 2.75) is 33.2 Å². The molecular formula is C19H21N3O. The second-order valence-corrected chi connectivity index (χ2v) is 6.58. The van der Waals surface area contributed by atoms with E-state index in [9.17, 15) is 4.79 Å². The van der Waals surface area contributed by atoms with E-state index in [1.54, 1.807) is 11.0 Å². The molecule has 0 saturated carbocycles. The van der Waals surface area contributed by atoms with Crippen molar-refractivity contribution in [3.8, 4) is 0 Å². The second kappa shape index (κ2) is 6.32. The lowest BCUT2D eigenvalue weighted by atomic mass is 9.85. The van der Waals surface area contributed by atoms with Crippen molar-refractivity contribution in [1.29, 1.82) is 0 Å². The van der Waals surface area contributed by atoms with Crippen LogP contribution >= 0.6 is 0 Å². The molecule has 0 fully saturated rings. The van der Waals surface area contributed by atoms with Gasteiger partial charge in [-0.05, 0) is 22.8 Å². The summed E-state index contributed by atoms with van der Waals surface area (Å²) in [6.45, 7) is 4.50. The molecule has 0 radical (unpaired) electrons. The van der Waals surface area contributed by atoms with E-state index in [4.69, 9.17) is 0 Å². The van der Waals surface area contributed by atoms with Gasteiger partial charge in [-0.1, -0.05) is 56.3 Å². The summed E-state index contributed by atoms with van der Waals surface area (Å²) < 4.78 is 1.72. The van der Waals surface area contributed by atoms with Gasteiger partial charge in [-0.3, -0.25) is 9.48 Å². The number of rotatable bonds is 6. The molecule has 0 bridgehead atoms. The number of fused-ring (bicyclic) bond motifs is 1. The number of benzene rings is 2. The lowest BCUT2D eigenvalue weighted by molar-refractivity contribution is -0.127. The van der Waals surface area contributed by atoms with E-state index in [2.05, 4.69) is 40.4 Å². The summed E-state index contributed by atoms with van der Waals surface area (Å²) in [6.07, 6.45) is 4.46. The maximum atomic E-state index is 12.6. The number of aryl methyl sites for hydroxylation is 1. The number of carbonyl (C=O) groups is 1. The molecule has 0 N–H and O–H groups in total. The van der Waals surface area contributed by atoms with Gasteiger partial charge in [0.25, 0.3) is 0 Å². The summed E-state index contributed by atoms with van der Waals surface area (Å²) in [5.74, 6) is 0.251. The fourth-order valence-corrected chi connectivity index (χ4v) is 2.80. The van der Waals surface area contributed by atoms with Gasteiger partial charge in [-0.2, -0.15) is 5.10 Å². The van der Waals surface area contributed by atoms with E-state index in [0.717, 1.165) is 6.42 Å². The number of hydrogen-bond acceptors (Lipinski definition) is 3. The van der Waals surface area contributed by atoms with Gasteiger partial charge in [0.05, 0.1) is 6.54 Å². The number of Topliss-reactive ketones (excluding diaryl/α,β-unsaturated/α-hetero) is 1. The Bertz CT molecular complexity index is 806. The first-order chi connectivity index (χ1) is 11.0. The molecule has 0 amide bonds. The van der Waals surface area contributed by atoms with Crippen molar-refractivity contribution < 1.29 is 4.79 Å². The predicted octanol–water partition coefficient (Wildman–Crippen LogP) is 3.66. The Kier molecular flexibility index (Phi) is 4.24. The maximum absolute atomic E-state index is 12.6. The molecular weight excluding hydrogens is 286 g/mol. The quantitative estimate of drug-likeness (QED) is 0.698. The van der Waals surface area contributed by atoms with Crippen LogP contribution in [-0.4, -0.2) is 20.5 Å². The van der Waals surface area contributed by atoms with Crippen LogP contribution in [0.5, 0.6) is 0 Å². The molecule has 3 rings (SSSR count). The van der Waals surface area contributed by atoms with Gasteiger partial charge in [0.1, 0.15) is 18.4 Å². The topological polar surface area (TPSA) is 47.8 Å². The maximum Gasteiger partial charge on any atom is 0.140 e. The van der Waals surface area contributed by atoms with E-state index in [1.807, 2.05) is 26.0 Å². The lowest BCUT2D eigenvalue weighted by Gasteiger charge is -2.22. The van der Waals surface area contributed by atoms with Crippen molar-refractivity contribution in [1.82, 2.24) is 14.8 Å². The molecule has 23 heavy (non-hydrogen) atoms. The van der Waals surface area contributed by atoms with Crippen LogP contribution in [0, 0.1) is 5.41 Å². The van der Waals surface area contributed by atoms with Crippen molar-refractivity contribution in [2.75, 3.05) is 0 Å². The van der Waals surface area contributed by atoms with Crippen LogP contribution in [0.1, 0.15) is 25.8 Å². The number of ketones is 1. The monoisotopic (exact) mass is 307 g/mol. The average Bonchev–Trinajstić information content (AvgIpc) is 3.04. The highest BCUT2D eigenvalue weighted by Gasteiger charge is 2.27. The number of aromatic nitrogens is 3. The van der Waals surface area contributed by atoms with Gasteiger partial charge in [0, 0.05) is 11.8 Å². The molecule has 4 nitrogen and oxygen atoms in total. The molecule has 1 aromatic heterocycles. The van der Waals surface area contributed by atoms with Gasteiger partial charge in [-0.25, -0.2) is 4.98 Å². The molecule has 2 aromatic carbocycles. The Morgan fingerprint density at radius 1 is 1.13 bits per heavy atom. The Labute approximate surface area is 136 Å². The smallest absolute Gasteiger partial charge is 0.140 e. The number of carbonyl (C=O) groups excluding carboxylic acids is 1. The molecule has 0 aliphatic carbocycles. The van der Waals surface area contributed by atoms with Crippen molar-refractivity contribution in [2.24, 2.45) is 5.41 Å². The van der Waals surface area contributed by atoms with Gasteiger partial charge in [0.15, 0.2) is 0 Å². The Morgan fingerprint density at radius 3 is 2.65 bits per heavy atom. The van der Waals surface area contributed by atoms with Crippen LogP contribution in [0.4, 0.5) is 0 Å². The van der Waals surface area contributed by atoms with E-state index in [1.165, 1.54) is 22.7 Å². The fourth-order valence-electron chi connectivity index (χ4n) is 2.80.